The third-order valence-electron chi connectivity index (χ3n) is 3.80. The Labute approximate surface area is 133 Å². The number of thioether (sulfide) groups is 1. The molecule has 21 heavy (non-hydrogen) atoms. The number of anilines is 2. The van der Waals surface area contributed by atoms with Gasteiger partial charge in [-0.05, 0) is 6.42 Å². The van der Waals surface area contributed by atoms with Crippen LogP contribution in [0.4, 0.5) is 11.6 Å². The molecule has 0 bridgehead atoms. The summed E-state index contributed by atoms with van der Waals surface area (Å²) in [7, 11) is 1.92. The number of nitrogens with one attached hydrogen (secondary N) is 1. The molecule has 2 rings (SSSR count). The van der Waals surface area contributed by atoms with Crippen molar-refractivity contribution in [1.29, 1.82) is 0 Å². The lowest BCUT2D eigenvalue weighted by Crippen LogP contribution is -2.29. The minimum atomic E-state index is -0.0402. The van der Waals surface area contributed by atoms with Gasteiger partial charge < -0.3 is 10.2 Å². The molecule has 1 saturated heterocycles. The van der Waals surface area contributed by atoms with Crippen LogP contribution < -0.4 is 10.2 Å². The summed E-state index contributed by atoms with van der Waals surface area (Å²) in [6.07, 6.45) is 1.18. The molecule has 0 unspecified atom stereocenters. The summed E-state index contributed by atoms with van der Waals surface area (Å²) in [6, 6.07) is 2.07. The van der Waals surface area contributed by atoms with E-state index in [0.29, 0.717) is 4.75 Å². The Bertz CT molecular complexity index is 494. The quantitative estimate of drug-likeness (QED) is 0.905. The number of hydrogen-bond donors (Lipinski definition) is 1. The summed E-state index contributed by atoms with van der Waals surface area (Å²) in [6.45, 7) is 13.3. The molecule has 1 N–H and O–H groups in total. The van der Waals surface area contributed by atoms with Gasteiger partial charge in [0.05, 0.1) is 0 Å². The fraction of sp³-hybridized carbons (Fsp3) is 0.750. The SMILES string of the molecule is CNc1cc(N2CCSC(C)(C)CC2)nc(C(C)(C)C)n1. The van der Waals surface area contributed by atoms with E-state index in [4.69, 9.17) is 4.98 Å². The van der Waals surface area contributed by atoms with Gasteiger partial charge in [0.15, 0.2) is 0 Å². The van der Waals surface area contributed by atoms with E-state index in [1.54, 1.807) is 0 Å². The second-order valence-corrected chi connectivity index (χ2v) is 9.08. The fourth-order valence-electron chi connectivity index (χ4n) is 2.31. The zero-order valence-electron chi connectivity index (χ0n) is 14.2. The largest absolute Gasteiger partial charge is 0.373 e. The first-order valence-corrected chi connectivity index (χ1v) is 8.66. The zero-order valence-corrected chi connectivity index (χ0v) is 15.0. The average molecular weight is 308 g/mol. The standard InChI is InChI=1S/C16H28N4S/c1-15(2,3)14-18-12(17-6)11-13(19-14)20-8-7-16(4,5)21-10-9-20/h11H,7-10H2,1-6H3,(H,17,18,19). The van der Waals surface area contributed by atoms with E-state index in [2.05, 4.69) is 67.6 Å². The first-order chi connectivity index (χ1) is 9.71. The van der Waals surface area contributed by atoms with Crippen molar-refractivity contribution in [3.05, 3.63) is 11.9 Å². The van der Waals surface area contributed by atoms with Crippen molar-refractivity contribution in [2.24, 2.45) is 0 Å². The minimum Gasteiger partial charge on any atom is -0.373 e. The molecule has 4 nitrogen and oxygen atoms in total. The summed E-state index contributed by atoms with van der Waals surface area (Å²) in [4.78, 5) is 11.8. The molecule has 0 radical (unpaired) electrons. The van der Waals surface area contributed by atoms with Crippen LogP contribution in [0.3, 0.4) is 0 Å². The molecule has 0 aliphatic carbocycles. The molecule has 2 heterocycles. The maximum atomic E-state index is 4.83. The van der Waals surface area contributed by atoms with Crippen molar-refractivity contribution in [3.63, 3.8) is 0 Å². The maximum absolute atomic E-state index is 4.83. The highest BCUT2D eigenvalue weighted by molar-refractivity contribution is 8.00. The topological polar surface area (TPSA) is 41.0 Å². The van der Waals surface area contributed by atoms with Crippen molar-refractivity contribution in [3.8, 4) is 0 Å². The Kier molecular flexibility index (Phi) is 4.71. The van der Waals surface area contributed by atoms with Crippen LogP contribution in [0.2, 0.25) is 0 Å². The van der Waals surface area contributed by atoms with Crippen LogP contribution in [0.1, 0.15) is 46.9 Å². The van der Waals surface area contributed by atoms with Gasteiger partial charge in [-0.1, -0.05) is 34.6 Å². The van der Waals surface area contributed by atoms with Crippen molar-refractivity contribution in [1.82, 2.24) is 9.97 Å². The molecule has 118 valence electrons. The third kappa shape index (κ3) is 4.25. The number of rotatable bonds is 2. The lowest BCUT2D eigenvalue weighted by Gasteiger charge is -2.26. The van der Waals surface area contributed by atoms with Crippen LogP contribution in [-0.2, 0) is 5.41 Å². The monoisotopic (exact) mass is 308 g/mol. The van der Waals surface area contributed by atoms with Gasteiger partial charge in [0.2, 0.25) is 0 Å². The summed E-state index contributed by atoms with van der Waals surface area (Å²) in [5, 5.41) is 3.17. The summed E-state index contributed by atoms with van der Waals surface area (Å²) in [5.41, 5.74) is -0.0402. The molecule has 1 fully saturated rings. The summed E-state index contributed by atoms with van der Waals surface area (Å²) >= 11 is 2.06. The van der Waals surface area contributed by atoms with E-state index in [1.165, 1.54) is 6.42 Å². The Hall–Kier alpha value is -0.970. The van der Waals surface area contributed by atoms with E-state index in [1.807, 2.05) is 7.05 Å². The smallest absolute Gasteiger partial charge is 0.138 e. The summed E-state index contributed by atoms with van der Waals surface area (Å²) < 4.78 is 0.362. The Morgan fingerprint density at radius 1 is 1.24 bits per heavy atom. The molecule has 0 spiro atoms. The van der Waals surface area contributed by atoms with Crippen LogP contribution in [0.15, 0.2) is 6.07 Å². The van der Waals surface area contributed by atoms with E-state index in [-0.39, 0.29) is 5.41 Å². The van der Waals surface area contributed by atoms with Crippen LogP contribution in [0, 0.1) is 0 Å². The average Bonchev–Trinajstić information content (AvgIpc) is 2.58. The van der Waals surface area contributed by atoms with Crippen LogP contribution in [0.5, 0.6) is 0 Å². The molecule has 5 heteroatoms. The van der Waals surface area contributed by atoms with Gasteiger partial charge in [-0.25, -0.2) is 9.97 Å². The van der Waals surface area contributed by atoms with E-state index < -0.39 is 0 Å². The molecule has 1 aromatic rings. The molecule has 1 aromatic heterocycles. The Balaban J connectivity index is 2.30. The van der Waals surface area contributed by atoms with Gasteiger partial charge in [-0.15, -0.1) is 0 Å². The van der Waals surface area contributed by atoms with Gasteiger partial charge in [-0.2, -0.15) is 11.8 Å². The van der Waals surface area contributed by atoms with E-state index >= 15 is 0 Å². The normalized spacial score (nSPS) is 19.2. The molecule has 1 aliphatic heterocycles. The molecule has 0 amide bonds. The molecule has 1 aliphatic rings. The number of hydrogen-bond acceptors (Lipinski definition) is 5. The van der Waals surface area contributed by atoms with Crippen LogP contribution in [0.25, 0.3) is 0 Å². The van der Waals surface area contributed by atoms with Gasteiger partial charge in [0, 0.05) is 42.1 Å². The minimum absolute atomic E-state index is 0.0402. The first kappa shape index (κ1) is 16.4. The molecule has 0 aromatic carbocycles. The molecule has 0 saturated carbocycles. The Morgan fingerprint density at radius 3 is 2.57 bits per heavy atom. The van der Waals surface area contributed by atoms with Gasteiger partial charge in [-0.3, -0.25) is 0 Å². The van der Waals surface area contributed by atoms with Gasteiger partial charge in [0.25, 0.3) is 0 Å². The molecular formula is C16H28N4S. The summed E-state index contributed by atoms with van der Waals surface area (Å²) in [5.74, 6) is 4.01. The predicted octanol–water partition coefficient (Wildman–Crippen LogP) is 3.54. The van der Waals surface area contributed by atoms with E-state index in [0.717, 1.165) is 36.3 Å². The van der Waals surface area contributed by atoms with Gasteiger partial charge in [0.1, 0.15) is 17.5 Å². The van der Waals surface area contributed by atoms with Crippen molar-refractivity contribution >= 4 is 23.4 Å². The fourth-order valence-corrected chi connectivity index (χ4v) is 3.41. The highest BCUT2D eigenvalue weighted by Gasteiger charge is 2.26. The molecule has 0 atom stereocenters. The van der Waals surface area contributed by atoms with Crippen molar-refractivity contribution in [2.75, 3.05) is 36.1 Å². The van der Waals surface area contributed by atoms with Crippen LogP contribution in [-0.4, -0.2) is 40.6 Å². The zero-order chi connectivity index (χ0) is 15.7. The first-order valence-electron chi connectivity index (χ1n) is 7.67. The highest BCUT2D eigenvalue weighted by Crippen LogP contribution is 2.32. The van der Waals surface area contributed by atoms with Gasteiger partial charge >= 0.3 is 0 Å². The number of aromatic nitrogens is 2. The predicted molar refractivity (Wildman–Crippen MR) is 93.6 cm³/mol. The number of nitrogens with zero attached hydrogens (tertiary/aromatic N) is 3. The maximum Gasteiger partial charge on any atom is 0.138 e. The molecular weight excluding hydrogens is 280 g/mol. The van der Waals surface area contributed by atoms with Crippen LogP contribution >= 0.6 is 11.8 Å². The second kappa shape index (κ2) is 6.03. The van der Waals surface area contributed by atoms with Crippen molar-refractivity contribution < 1.29 is 0 Å². The van der Waals surface area contributed by atoms with Crippen molar-refractivity contribution in [2.45, 2.75) is 51.2 Å². The lowest BCUT2D eigenvalue weighted by molar-refractivity contribution is 0.544. The third-order valence-corrected chi connectivity index (χ3v) is 5.17. The second-order valence-electron chi connectivity index (χ2n) is 7.28. The Morgan fingerprint density at radius 2 is 1.95 bits per heavy atom. The highest BCUT2D eigenvalue weighted by atomic mass is 32.2. The van der Waals surface area contributed by atoms with E-state index in [9.17, 15) is 0 Å². The lowest BCUT2D eigenvalue weighted by atomic mass is 9.96.